The second-order valence-corrected chi connectivity index (χ2v) is 7.29. The molecule has 1 aromatic heterocycles. The molecule has 1 heterocycles. The Kier molecular flexibility index (Phi) is 3.23. The van der Waals surface area contributed by atoms with E-state index in [4.69, 9.17) is 0 Å². The number of rotatable bonds is 3. The molecule has 5 heteroatoms. The summed E-state index contributed by atoms with van der Waals surface area (Å²) in [6.45, 7) is 0. The quantitative estimate of drug-likeness (QED) is 0.796. The zero-order valence-corrected chi connectivity index (χ0v) is 12.5. The molecule has 0 unspecified atom stereocenters. The van der Waals surface area contributed by atoms with E-state index < -0.39 is 10.0 Å². The maximum absolute atomic E-state index is 11.6. The van der Waals surface area contributed by atoms with Gasteiger partial charge in [0.05, 0.1) is 11.9 Å². The SMILES string of the molecule is CS(=O)(=O)Nc1cc2ccccc2cc1-c1cccs1. The number of hydrogen-bond acceptors (Lipinski definition) is 3. The molecule has 0 spiro atoms. The van der Waals surface area contributed by atoms with Crippen LogP contribution >= 0.6 is 11.3 Å². The predicted octanol–water partition coefficient (Wildman–Crippen LogP) is 3.94. The molecule has 0 fully saturated rings. The highest BCUT2D eigenvalue weighted by molar-refractivity contribution is 7.92. The molecule has 3 rings (SSSR count). The first-order chi connectivity index (χ1) is 9.53. The fraction of sp³-hybridized carbons (Fsp3) is 0.0667. The third-order valence-corrected chi connectivity index (χ3v) is 4.46. The molecule has 0 aliphatic carbocycles. The average molecular weight is 303 g/mol. The zero-order chi connectivity index (χ0) is 14.2. The standard InChI is InChI=1S/C15H13NO2S2/c1-20(17,18)16-14-10-12-6-3-2-5-11(12)9-13(14)15-7-4-8-19-15/h2-10,16H,1H3. The highest BCUT2D eigenvalue weighted by Crippen LogP contribution is 2.35. The van der Waals surface area contributed by atoms with Crippen molar-refractivity contribution >= 4 is 37.8 Å². The third-order valence-electron chi connectivity index (χ3n) is 2.97. The predicted molar refractivity (Wildman–Crippen MR) is 85.7 cm³/mol. The highest BCUT2D eigenvalue weighted by Gasteiger charge is 2.11. The molecular formula is C15H13NO2S2. The van der Waals surface area contributed by atoms with Gasteiger partial charge >= 0.3 is 0 Å². The summed E-state index contributed by atoms with van der Waals surface area (Å²) in [6.07, 6.45) is 1.17. The summed E-state index contributed by atoms with van der Waals surface area (Å²) in [5, 5.41) is 4.09. The summed E-state index contributed by atoms with van der Waals surface area (Å²) in [5.74, 6) is 0. The molecule has 102 valence electrons. The molecule has 0 aliphatic rings. The minimum atomic E-state index is -3.30. The molecule has 0 aliphatic heterocycles. The Bertz CT molecular complexity index is 853. The van der Waals surface area contributed by atoms with E-state index in [0.29, 0.717) is 5.69 Å². The lowest BCUT2D eigenvalue weighted by Gasteiger charge is -2.11. The maximum atomic E-state index is 11.6. The van der Waals surface area contributed by atoms with E-state index >= 15 is 0 Å². The van der Waals surface area contributed by atoms with E-state index in [1.807, 2.05) is 53.9 Å². The van der Waals surface area contributed by atoms with Crippen LogP contribution in [0.5, 0.6) is 0 Å². The molecule has 0 bridgehead atoms. The molecule has 0 saturated heterocycles. The van der Waals surface area contributed by atoms with Crippen molar-refractivity contribution in [1.29, 1.82) is 0 Å². The van der Waals surface area contributed by atoms with E-state index in [9.17, 15) is 8.42 Å². The third kappa shape index (κ3) is 2.69. The van der Waals surface area contributed by atoms with Crippen molar-refractivity contribution in [2.45, 2.75) is 0 Å². The smallest absolute Gasteiger partial charge is 0.229 e. The summed E-state index contributed by atoms with van der Waals surface area (Å²) < 4.78 is 25.7. The monoisotopic (exact) mass is 303 g/mol. The number of nitrogens with one attached hydrogen (secondary N) is 1. The molecule has 0 radical (unpaired) electrons. The van der Waals surface area contributed by atoms with E-state index in [1.165, 1.54) is 6.26 Å². The van der Waals surface area contributed by atoms with Gasteiger partial charge in [0.1, 0.15) is 0 Å². The topological polar surface area (TPSA) is 46.2 Å². The van der Waals surface area contributed by atoms with Gasteiger partial charge in [-0.05, 0) is 34.4 Å². The van der Waals surface area contributed by atoms with Crippen LogP contribution in [0.3, 0.4) is 0 Å². The summed E-state index contributed by atoms with van der Waals surface area (Å²) in [5.41, 5.74) is 1.53. The Labute approximate surface area is 121 Å². The Hall–Kier alpha value is -1.85. The van der Waals surface area contributed by atoms with Crippen molar-refractivity contribution in [1.82, 2.24) is 0 Å². The maximum Gasteiger partial charge on any atom is 0.229 e. The summed E-state index contributed by atoms with van der Waals surface area (Å²) >= 11 is 1.59. The Balaban J connectivity index is 2.26. The number of anilines is 1. The molecule has 0 atom stereocenters. The molecule has 0 amide bonds. The van der Waals surface area contributed by atoms with E-state index in [0.717, 1.165) is 21.2 Å². The van der Waals surface area contributed by atoms with E-state index in [1.54, 1.807) is 11.3 Å². The number of benzene rings is 2. The van der Waals surface area contributed by atoms with Crippen molar-refractivity contribution in [3.05, 3.63) is 53.9 Å². The Morgan fingerprint density at radius 1 is 1.00 bits per heavy atom. The van der Waals surface area contributed by atoms with Crippen LogP contribution < -0.4 is 4.72 Å². The van der Waals surface area contributed by atoms with Gasteiger partial charge in [-0.2, -0.15) is 0 Å². The van der Waals surface area contributed by atoms with Crippen LogP contribution in [0, 0.1) is 0 Å². The van der Waals surface area contributed by atoms with Crippen LogP contribution in [0.15, 0.2) is 53.9 Å². The number of sulfonamides is 1. The number of hydrogen-bond donors (Lipinski definition) is 1. The molecule has 0 saturated carbocycles. The van der Waals surface area contributed by atoms with Gasteiger partial charge in [0.25, 0.3) is 0 Å². The van der Waals surface area contributed by atoms with Crippen molar-refractivity contribution in [2.24, 2.45) is 0 Å². The lowest BCUT2D eigenvalue weighted by Crippen LogP contribution is -2.10. The first-order valence-corrected chi connectivity index (χ1v) is 8.84. The van der Waals surface area contributed by atoms with Crippen LogP contribution in [-0.2, 0) is 10.0 Å². The molecule has 3 nitrogen and oxygen atoms in total. The molecule has 3 aromatic rings. The summed E-state index contributed by atoms with van der Waals surface area (Å²) in [6, 6.07) is 15.8. The van der Waals surface area contributed by atoms with Crippen molar-refractivity contribution in [3.8, 4) is 10.4 Å². The second kappa shape index (κ2) is 4.92. The summed E-state index contributed by atoms with van der Waals surface area (Å²) in [4.78, 5) is 1.04. The highest BCUT2D eigenvalue weighted by atomic mass is 32.2. The number of fused-ring (bicyclic) bond motifs is 1. The molecule has 20 heavy (non-hydrogen) atoms. The largest absolute Gasteiger partial charge is 0.283 e. The van der Waals surface area contributed by atoms with Crippen molar-refractivity contribution < 1.29 is 8.42 Å². The van der Waals surface area contributed by atoms with Crippen LogP contribution in [0.2, 0.25) is 0 Å². The van der Waals surface area contributed by atoms with Gasteiger partial charge in [-0.25, -0.2) is 8.42 Å². The molecule has 1 N–H and O–H groups in total. The first-order valence-electron chi connectivity index (χ1n) is 6.07. The zero-order valence-electron chi connectivity index (χ0n) is 10.8. The average Bonchev–Trinajstić information content (AvgIpc) is 2.89. The Morgan fingerprint density at radius 3 is 2.30 bits per heavy atom. The van der Waals surface area contributed by atoms with Gasteiger partial charge < -0.3 is 0 Å². The van der Waals surface area contributed by atoms with Gasteiger partial charge in [-0.15, -0.1) is 11.3 Å². The van der Waals surface area contributed by atoms with Crippen LogP contribution in [0.25, 0.3) is 21.2 Å². The fourth-order valence-electron chi connectivity index (χ4n) is 2.16. The minimum absolute atomic E-state index is 0.619. The van der Waals surface area contributed by atoms with E-state index in [2.05, 4.69) is 4.72 Å². The van der Waals surface area contributed by atoms with Gasteiger partial charge in [-0.1, -0.05) is 30.3 Å². The van der Waals surface area contributed by atoms with Crippen LogP contribution in [0.1, 0.15) is 0 Å². The Morgan fingerprint density at radius 2 is 1.70 bits per heavy atom. The van der Waals surface area contributed by atoms with Gasteiger partial charge in [0.15, 0.2) is 0 Å². The minimum Gasteiger partial charge on any atom is -0.283 e. The lowest BCUT2D eigenvalue weighted by atomic mass is 10.0. The van der Waals surface area contributed by atoms with Gasteiger partial charge in [0, 0.05) is 10.4 Å². The van der Waals surface area contributed by atoms with E-state index in [-0.39, 0.29) is 0 Å². The normalized spacial score (nSPS) is 11.7. The second-order valence-electron chi connectivity index (χ2n) is 4.60. The lowest BCUT2D eigenvalue weighted by molar-refractivity contribution is 0.607. The van der Waals surface area contributed by atoms with Gasteiger partial charge in [-0.3, -0.25) is 4.72 Å². The molecular weight excluding hydrogens is 290 g/mol. The summed E-state index contributed by atoms with van der Waals surface area (Å²) in [7, 11) is -3.30. The fourth-order valence-corrected chi connectivity index (χ4v) is 3.49. The number of thiophene rings is 1. The van der Waals surface area contributed by atoms with Crippen LogP contribution in [0.4, 0.5) is 5.69 Å². The van der Waals surface area contributed by atoms with Crippen molar-refractivity contribution in [2.75, 3.05) is 11.0 Å². The van der Waals surface area contributed by atoms with Crippen molar-refractivity contribution in [3.63, 3.8) is 0 Å². The van der Waals surface area contributed by atoms with Gasteiger partial charge in [0.2, 0.25) is 10.0 Å². The first kappa shape index (κ1) is 13.1. The van der Waals surface area contributed by atoms with Crippen LogP contribution in [-0.4, -0.2) is 14.7 Å². The molecule has 2 aromatic carbocycles.